The van der Waals surface area contributed by atoms with Gasteiger partial charge in [-0.1, -0.05) is 12.1 Å². The number of hydrogen-bond donors (Lipinski definition) is 0. The smallest absolute Gasteiger partial charge is 0.233 e. The molecule has 1 aromatic heterocycles. The summed E-state index contributed by atoms with van der Waals surface area (Å²) in [6.45, 7) is 2.77. The minimum absolute atomic E-state index is 0.0518. The van der Waals surface area contributed by atoms with Gasteiger partial charge in [0.2, 0.25) is 5.91 Å². The number of likely N-dealkylation sites (N-methyl/N-ethyl adjacent to an activating group) is 1. The molecule has 0 saturated carbocycles. The third-order valence-corrected chi connectivity index (χ3v) is 4.72. The van der Waals surface area contributed by atoms with Gasteiger partial charge >= 0.3 is 0 Å². The van der Waals surface area contributed by atoms with Crippen molar-refractivity contribution >= 4 is 22.4 Å². The monoisotopic (exact) mass is 349 g/mol. The second-order valence-corrected chi connectivity index (χ2v) is 6.75. The quantitative estimate of drug-likeness (QED) is 0.830. The Morgan fingerprint density at radius 2 is 2.42 bits per heavy atom. The predicted molar refractivity (Wildman–Crippen MR) is 91.8 cm³/mol. The fourth-order valence-electron chi connectivity index (χ4n) is 2.73. The maximum Gasteiger partial charge on any atom is 0.233 e. The Balaban J connectivity index is 1.73. The molecule has 128 valence electrons. The van der Waals surface area contributed by atoms with Crippen LogP contribution in [0.1, 0.15) is 5.56 Å². The molecule has 0 spiro atoms. The van der Waals surface area contributed by atoms with E-state index in [1.54, 1.807) is 23.2 Å². The molecule has 0 bridgehead atoms. The highest BCUT2D eigenvalue weighted by Crippen LogP contribution is 2.20. The molecule has 2 heterocycles. The van der Waals surface area contributed by atoms with Gasteiger partial charge in [0.25, 0.3) is 0 Å². The fraction of sp³-hybridized carbons (Fsp3) is 0.412. The summed E-state index contributed by atoms with van der Waals surface area (Å²) in [6.07, 6.45) is 1.76. The molecule has 1 fully saturated rings. The summed E-state index contributed by atoms with van der Waals surface area (Å²) in [5.41, 5.74) is 0.656. The van der Waals surface area contributed by atoms with Crippen LogP contribution in [0.2, 0.25) is 0 Å². The molecule has 24 heavy (non-hydrogen) atoms. The summed E-state index contributed by atoms with van der Waals surface area (Å²) in [4.78, 5) is 20.9. The molecular formula is C17H20FN3O2S. The number of amides is 1. The van der Waals surface area contributed by atoms with Crippen LogP contribution < -0.4 is 4.90 Å². The maximum atomic E-state index is 13.3. The van der Waals surface area contributed by atoms with Gasteiger partial charge in [0.1, 0.15) is 5.82 Å². The third kappa shape index (κ3) is 4.37. The third-order valence-electron chi connectivity index (χ3n) is 3.92. The number of halogens is 1. The topological polar surface area (TPSA) is 45.7 Å². The van der Waals surface area contributed by atoms with E-state index in [4.69, 9.17) is 4.74 Å². The van der Waals surface area contributed by atoms with E-state index in [1.165, 1.54) is 23.5 Å². The van der Waals surface area contributed by atoms with E-state index >= 15 is 0 Å². The van der Waals surface area contributed by atoms with Crippen LogP contribution in [0, 0.1) is 5.82 Å². The standard InChI is InChI=1S/C17H20FN3O2S/c1-20-6-7-23-15(11-20)12-21(17-19-5-8-24-17)16(22)10-13-3-2-4-14(18)9-13/h2-5,8-9,15H,6-7,10-12H2,1H3/t15-/m1/s1. The Kier molecular flexibility index (Phi) is 5.55. The molecule has 2 aromatic rings. The Morgan fingerprint density at radius 1 is 1.54 bits per heavy atom. The SMILES string of the molecule is CN1CCO[C@@H](CN(C(=O)Cc2cccc(F)c2)c2nccs2)C1. The molecule has 5 nitrogen and oxygen atoms in total. The van der Waals surface area contributed by atoms with E-state index in [2.05, 4.69) is 9.88 Å². The number of ether oxygens (including phenoxy) is 1. The van der Waals surface area contributed by atoms with Gasteiger partial charge in [-0.3, -0.25) is 9.69 Å². The zero-order valence-electron chi connectivity index (χ0n) is 13.5. The van der Waals surface area contributed by atoms with Crippen LogP contribution in [-0.4, -0.2) is 55.2 Å². The molecule has 1 atom stereocenters. The molecular weight excluding hydrogens is 329 g/mol. The number of hydrogen-bond acceptors (Lipinski definition) is 5. The number of carbonyl (C=O) groups is 1. The maximum absolute atomic E-state index is 13.3. The summed E-state index contributed by atoms with van der Waals surface area (Å²) in [5.74, 6) is -0.439. The number of thiazole rings is 1. The molecule has 3 rings (SSSR count). The van der Waals surface area contributed by atoms with Crippen molar-refractivity contribution in [3.63, 3.8) is 0 Å². The second-order valence-electron chi connectivity index (χ2n) is 5.88. The summed E-state index contributed by atoms with van der Waals surface area (Å²) in [6, 6.07) is 6.14. The molecule has 1 saturated heterocycles. The lowest BCUT2D eigenvalue weighted by Crippen LogP contribution is -2.48. The largest absolute Gasteiger partial charge is 0.374 e. The molecule has 1 aromatic carbocycles. The van der Waals surface area contributed by atoms with Gasteiger partial charge < -0.3 is 9.64 Å². The minimum atomic E-state index is -0.335. The number of morpholine rings is 1. The van der Waals surface area contributed by atoms with Gasteiger partial charge in [-0.15, -0.1) is 11.3 Å². The predicted octanol–water partition coefficient (Wildman–Crippen LogP) is 2.19. The Morgan fingerprint density at radius 3 is 3.12 bits per heavy atom. The van der Waals surface area contributed by atoms with E-state index in [9.17, 15) is 9.18 Å². The molecule has 1 amide bonds. The van der Waals surface area contributed by atoms with Gasteiger partial charge in [-0.05, 0) is 24.7 Å². The first-order valence-corrected chi connectivity index (χ1v) is 8.74. The first kappa shape index (κ1) is 17.0. The average Bonchev–Trinajstić information content (AvgIpc) is 3.06. The van der Waals surface area contributed by atoms with Gasteiger partial charge in [0.15, 0.2) is 5.13 Å². The Labute approximate surface area is 144 Å². The molecule has 0 N–H and O–H groups in total. The number of nitrogens with zero attached hydrogens (tertiary/aromatic N) is 3. The van der Waals surface area contributed by atoms with E-state index in [0.717, 1.165) is 13.1 Å². The van der Waals surface area contributed by atoms with E-state index in [0.29, 0.717) is 23.8 Å². The zero-order valence-corrected chi connectivity index (χ0v) is 14.3. The van der Waals surface area contributed by atoms with Crippen LogP contribution in [0.25, 0.3) is 0 Å². The van der Waals surface area contributed by atoms with E-state index in [1.807, 2.05) is 12.4 Å². The lowest BCUT2D eigenvalue weighted by atomic mass is 10.1. The number of rotatable bonds is 5. The summed E-state index contributed by atoms with van der Waals surface area (Å²) >= 11 is 1.41. The van der Waals surface area contributed by atoms with Crippen molar-refractivity contribution in [3.05, 3.63) is 47.2 Å². The molecule has 1 aliphatic heterocycles. The summed E-state index contributed by atoms with van der Waals surface area (Å²) in [7, 11) is 2.04. The van der Waals surface area contributed by atoms with Crippen LogP contribution in [0.5, 0.6) is 0 Å². The number of carbonyl (C=O) groups excluding carboxylic acids is 1. The first-order valence-electron chi connectivity index (χ1n) is 7.86. The highest BCUT2D eigenvalue weighted by molar-refractivity contribution is 7.13. The Hall–Kier alpha value is -1.83. The lowest BCUT2D eigenvalue weighted by molar-refractivity contribution is -0.118. The number of benzene rings is 1. The molecule has 1 aliphatic rings. The number of anilines is 1. The zero-order chi connectivity index (χ0) is 16.9. The Bertz CT molecular complexity index is 680. The molecule has 7 heteroatoms. The fourth-order valence-corrected chi connectivity index (χ4v) is 3.40. The minimum Gasteiger partial charge on any atom is -0.374 e. The first-order chi connectivity index (χ1) is 11.6. The van der Waals surface area contributed by atoms with Crippen LogP contribution in [-0.2, 0) is 16.0 Å². The van der Waals surface area contributed by atoms with Crippen molar-refractivity contribution in [2.45, 2.75) is 12.5 Å². The van der Waals surface area contributed by atoms with Crippen molar-refractivity contribution in [3.8, 4) is 0 Å². The highest BCUT2D eigenvalue weighted by atomic mass is 32.1. The second kappa shape index (κ2) is 7.83. The van der Waals surface area contributed by atoms with Crippen molar-refractivity contribution < 1.29 is 13.9 Å². The van der Waals surface area contributed by atoms with Gasteiger partial charge in [0.05, 0.1) is 25.7 Å². The normalized spacial score (nSPS) is 18.5. The van der Waals surface area contributed by atoms with Crippen molar-refractivity contribution in [1.82, 2.24) is 9.88 Å². The number of aromatic nitrogens is 1. The van der Waals surface area contributed by atoms with Gasteiger partial charge in [0, 0.05) is 24.7 Å². The molecule has 0 aliphatic carbocycles. The van der Waals surface area contributed by atoms with Crippen molar-refractivity contribution in [2.75, 3.05) is 38.2 Å². The van der Waals surface area contributed by atoms with E-state index in [-0.39, 0.29) is 24.2 Å². The van der Waals surface area contributed by atoms with Gasteiger partial charge in [-0.2, -0.15) is 0 Å². The van der Waals surface area contributed by atoms with Gasteiger partial charge in [-0.25, -0.2) is 9.37 Å². The van der Waals surface area contributed by atoms with Crippen molar-refractivity contribution in [2.24, 2.45) is 0 Å². The summed E-state index contributed by atoms with van der Waals surface area (Å²) in [5, 5.41) is 2.49. The molecule has 0 unspecified atom stereocenters. The lowest BCUT2D eigenvalue weighted by Gasteiger charge is -2.33. The van der Waals surface area contributed by atoms with Crippen LogP contribution >= 0.6 is 11.3 Å². The van der Waals surface area contributed by atoms with Crippen LogP contribution in [0.3, 0.4) is 0 Å². The van der Waals surface area contributed by atoms with Crippen molar-refractivity contribution in [1.29, 1.82) is 0 Å². The van der Waals surface area contributed by atoms with E-state index < -0.39 is 0 Å². The van der Waals surface area contributed by atoms with Crippen LogP contribution in [0.15, 0.2) is 35.8 Å². The van der Waals surface area contributed by atoms with Crippen LogP contribution in [0.4, 0.5) is 9.52 Å². The summed E-state index contributed by atoms with van der Waals surface area (Å²) < 4.78 is 19.1. The highest BCUT2D eigenvalue weighted by Gasteiger charge is 2.26. The average molecular weight is 349 g/mol. The molecule has 0 radical (unpaired) electrons.